The molecule has 0 aliphatic rings. The first-order valence-electron chi connectivity index (χ1n) is 11.6. The fraction of sp³-hybridized carbons (Fsp3) is 0.111. The largest absolute Gasteiger partial charge is 0.480 e. The number of pyridine rings is 1. The molecule has 192 valence electrons. The second kappa shape index (κ2) is 10.7. The molecule has 1 atom stereocenters. The van der Waals surface area contributed by atoms with E-state index < -0.39 is 16.9 Å². The van der Waals surface area contributed by atoms with E-state index in [2.05, 4.69) is 25.1 Å². The van der Waals surface area contributed by atoms with Gasteiger partial charge in [0.05, 0.1) is 30.9 Å². The summed E-state index contributed by atoms with van der Waals surface area (Å²) < 4.78 is 28.8. The molecule has 5 aromatic rings. The van der Waals surface area contributed by atoms with E-state index in [0.29, 0.717) is 17.3 Å². The van der Waals surface area contributed by atoms with Crippen LogP contribution >= 0.6 is 0 Å². The molecule has 11 heteroatoms. The zero-order valence-corrected chi connectivity index (χ0v) is 21.7. The third kappa shape index (κ3) is 5.32. The standard InChI is InChI=1S/C27H24N6O4S/c1-17-9-11-18(12-10-17)21-14-24(33(2)31-21)32-38(35)23-13-20(15-28-26(23)36-3)30-25(34)27-29-16-22(37-27)19-7-5-4-6-8-19/h4-16,32H,1-3H3,(H,30,34). The first kappa shape index (κ1) is 24.9. The van der Waals surface area contributed by atoms with E-state index in [9.17, 15) is 9.00 Å². The normalized spacial score (nSPS) is 11.7. The van der Waals surface area contributed by atoms with Crippen molar-refractivity contribution in [3.63, 3.8) is 0 Å². The second-order valence-electron chi connectivity index (χ2n) is 8.36. The van der Waals surface area contributed by atoms with Gasteiger partial charge in [-0.1, -0.05) is 60.2 Å². The fourth-order valence-corrected chi connectivity index (χ4v) is 4.68. The monoisotopic (exact) mass is 528 g/mol. The van der Waals surface area contributed by atoms with Gasteiger partial charge >= 0.3 is 5.91 Å². The molecule has 0 bridgehead atoms. The van der Waals surface area contributed by atoms with Crippen LogP contribution in [0.4, 0.5) is 11.5 Å². The smallest absolute Gasteiger partial charge is 0.311 e. The van der Waals surface area contributed by atoms with Crippen molar-refractivity contribution < 1.29 is 18.2 Å². The highest BCUT2D eigenvalue weighted by atomic mass is 32.2. The van der Waals surface area contributed by atoms with Crippen LogP contribution in [0.25, 0.3) is 22.6 Å². The van der Waals surface area contributed by atoms with Crippen LogP contribution in [0.2, 0.25) is 0 Å². The Morgan fingerprint density at radius 2 is 1.76 bits per heavy atom. The van der Waals surface area contributed by atoms with Crippen molar-refractivity contribution in [3.05, 3.63) is 90.6 Å². The number of aromatic nitrogens is 4. The quantitative estimate of drug-likeness (QED) is 0.295. The number of hydrogen-bond donors (Lipinski definition) is 2. The summed E-state index contributed by atoms with van der Waals surface area (Å²) in [6.07, 6.45) is 2.89. The summed E-state index contributed by atoms with van der Waals surface area (Å²) in [6.45, 7) is 2.02. The topological polar surface area (TPSA) is 124 Å². The first-order chi connectivity index (χ1) is 18.4. The lowest BCUT2D eigenvalue weighted by Gasteiger charge is -2.11. The number of hydrogen-bond acceptors (Lipinski definition) is 7. The van der Waals surface area contributed by atoms with Crippen molar-refractivity contribution in [3.8, 4) is 28.5 Å². The fourth-order valence-electron chi connectivity index (χ4n) is 3.66. The summed E-state index contributed by atoms with van der Waals surface area (Å²) in [5.74, 6) is 0.467. The number of anilines is 2. The molecular weight excluding hydrogens is 504 g/mol. The van der Waals surface area contributed by atoms with Crippen LogP contribution < -0.4 is 14.8 Å². The van der Waals surface area contributed by atoms with Crippen LogP contribution in [0, 0.1) is 6.92 Å². The number of oxazole rings is 1. The zero-order chi connectivity index (χ0) is 26.6. The Morgan fingerprint density at radius 1 is 1.00 bits per heavy atom. The predicted octanol–water partition coefficient (Wildman–Crippen LogP) is 4.84. The number of nitrogens with zero attached hydrogens (tertiary/aromatic N) is 4. The van der Waals surface area contributed by atoms with Gasteiger partial charge in [-0.15, -0.1) is 0 Å². The average molecular weight is 529 g/mol. The number of methoxy groups -OCH3 is 1. The molecular formula is C27H24N6O4S. The summed E-state index contributed by atoms with van der Waals surface area (Å²) >= 11 is 0. The number of ether oxygens (including phenoxy) is 1. The highest BCUT2D eigenvalue weighted by molar-refractivity contribution is 7.86. The molecule has 0 spiro atoms. The molecule has 0 aliphatic carbocycles. The molecule has 0 fully saturated rings. The van der Waals surface area contributed by atoms with Crippen LogP contribution in [0.5, 0.6) is 5.88 Å². The number of carbonyl (C=O) groups is 1. The summed E-state index contributed by atoms with van der Waals surface area (Å²) in [5, 5.41) is 7.19. The van der Waals surface area contributed by atoms with Crippen molar-refractivity contribution in [2.24, 2.45) is 7.05 Å². The Bertz CT molecular complexity index is 1610. The molecule has 2 aromatic carbocycles. The Hall–Kier alpha value is -4.77. The number of aryl methyl sites for hydroxylation is 2. The van der Waals surface area contributed by atoms with Gasteiger partial charge in [0.2, 0.25) is 5.88 Å². The predicted molar refractivity (Wildman–Crippen MR) is 144 cm³/mol. The van der Waals surface area contributed by atoms with Crippen molar-refractivity contribution in [1.82, 2.24) is 19.7 Å². The van der Waals surface area contributed by atoms with Gasteiger partial charge in [0, 0.05) is 24.2 Å². The average Bonchev–Trinajstić information content (AvgIpc) is 3.57. The van der Waals surface area contributed by atoms with Gasteiger partial charge in [0.15, 0.2) is 16.7 Å². The second-order valence-corrected chi connectivity index (χ2v) is 9.54. The van der Waals surface area contributed by atoms with E-state index in [1.807, 2.05) is 61.5 Å². The van der Waals surface area contributed by atoms with E-state index in [1.54, 1.807) is 17.8 Å². The Kier molecular flexibility index (Phi) is 7.00. The van der Waals surface area contributed by atoms with Gasteiger partial charge in [-0.2, -0.15) is 5.10 Å². The molecule has 0 radical (unpaired) electrons. The van der Waals surface area contributed by atoms with E-state index in [4.69, 9.17) is 9.15 Å². The molecule has 10 nitrogen and oxygen atoms in total. The van der Waals surface area contributed by atoms with Crippen LogP contribution in [0.15, 0.2) is 88.4 Å². The van der Waals surface area contributed by atoms with E-state index in [1.165, 1.54) is 25.6 Å². The maximum Gasteiger partial charge on any atom is 0.311 e. The van der Waals surface area contributed by atoms with Crippen LogP contribution in [0.3, 0.4) is 0 Å². The van der Waals surface area contributed by atoms with Gasteiger partial charge in [0.25, 0.3) is 5.89 Å². The molecule has 5 rings (SSSR count). The molecule has 2 N–H and O–H groups in total. The SMILES string of the molecule is COc1ncc(NC(=O)c2ncc(-c3ccccc3)o2)cc1S(=O)Nc1cc(-c2ccc(C)cc2)nn1C. The minimum atomic E-state index is -1.78. The van der Waals surface area contributed by atoms with E-state index in [0.717, 1.165) is 22.4 Å². The molecule has 3 heterocycles. The van der Waals surface area contributed by atoms with Gasteiger partial charge < -0.3 is 14.5 Å². The third-order valence-corrected chi connectivity index (χ3v) is 6.74. The molecule has 0 saturated heterocycles. The number of rotatable bonds is 8. The van der Waals surface area contributed by atoms with Crippen LogP contribution in [-0.2, 0) is 18.0 Å². The molecule has 1 unspecified atom stereocenters. The summed E-state index contributed by atoms with van der Waals surface area (Å²) in [5.41, 5.74) is 3.92. The van der Waals surface area contributed by atoms with Crippen molar-refractivity contribution in [2.45, 2.75) is 11.8 Å². The summed E-state index contributed by atoms with van der Waals surface area (Å²) in [6, 6.07) is 20.6. The lowest BCUT2D eigenvalue weighted by molar-refractivity contribution is 0.0991. The van der Waals surface area contributed by atoms with E-state index >= 15 is 0 Å². The summed E-state index contributed by atoms with van der Waals surface area (Å²) in [4.78, 5) is 21.3. The molecule has 0 saturated carbocycles. The maximum absolute atomic E-state index is 13.3. The minimum Gasteiger partial charge on any atom is -0.480 e. The van der Waals surface area contributed by atoms with Crippen LogP contribution in [-0.4, -0.2) is 37.0 Å². The van der Waals surface area contributed by atoms with E-state index in [-0.39, 0.29) is 16.7 Å². The lowest BCUT2D eigenvalue weighted by Crippen LogP contribution is -2.14. The van der Waals surface area contributed by atoms with Crippen LogP contribution in [0.1, 0.15) is 16.2 Å². The molecule has 3 aromatic heterocycles. The number of benzene rings is 2. The van der Waals surface area contributed by atoms with Gasteiger partial charge in [-0.05, 0) is 13.0 Å². The van der Waals surface area contributed by atoms with Gasteiger partial charge in [-0.3, -0.25) is 14.2 Å². The molecule has 38 heavy (non-hydrogen) atoms. The Morgan fingerprint density at radius 3 is 2.50 bits per heavy atom. The molecule has 0 aliphatic heterocycles. The number of nitrogens with one attached hydrogen (secondary N) is 2. The van der Waals surface area contributed by atoms with Gasteiger partial charge in [0.1, 0.15) is 10.7 Å². The maximum atomic E-state index is 13.3. The lowest BCUT2D eigenvalue weighted by atomic mass is 10.1. The minimum absolute atomic E-state index is 0.112. The number of carbonyl (C=O) groups excluding carboxylic acids is 1. The van der Waals surface area contributed by atoms with Crippen molar-refractivity contribution in [1.29, 1.82) is 0 Å². The molecule has 1 amide bonds. The van der Waals surface area contributed by atoms with Gasteiger partial charge in [-0.25, -0.2) is 14.2 Å². The van der Waals surface area contributed by atoms with Crippen molar-refractivity contribution >= 4 is 28.4 Å². The zero-order valence-electron chi connectivity index (χ0n) is 20.8. The highest BCUT2D eigenvalue weighted by Crippen LogP contribution is 2.27. The first-order valence-corrected chi connectivity index (χ1v) is 12.7. The third-order valence-electron chi connectivity index (χ3n) is 5.65. The number of amides is 1. The summed E-state index contributed by atoms with van der Waals surface area (Å²) in [7, 11) is 1.40. The van der Waals surface area contributed by atoms with Crippen molar-refractivity contribution in [2.75, 3.05) is 17.1 Å². The Balaban J connectivity index is 1.33. The Labute approximate surface area is 221 Å². The highest BCUT2D eigenvalue weighted by Gasteiger charge is 2.19.